The molecule has 0 aliphatic heterocycles. The van der Waals surface area contributed by atoms with Crippen molar-refractivity contribution in [3.63, 3.8) is 0 Å². The molecule has 0 unspecified atom stereocenters. The summed E-state index contributed by atoms with van der Waals surface area (Å²) in [5.41, 5.74) is 7.28. The molecule has 0 aromatic heterocycles. The van der Waals surface area contributed by atoms with Crippen LogP contribution in [0.4, 0.5) is 0 Å². The number of aliphatic hydroxyl groups is 1. The van der Waals surface area contributed by atoms with Crippen LogP contribution in [0, 0.1) is 0 Å². The molecule has 0 fully saturated rings. The maximum Gasteiger partial charge on any atom is 0.0730 e. The van der Waals surface area contributed by atoms with E-state index < -0.39 is 6.10 Å². The molecule has 2 heteroatoms. The Hall–Kier alpha value is -1.90. The zero-order valence-corrected chi connectivity index (χ0v) is 11.6. The highest BCUT2D eigenvalue weighted by Crippen LogP contribution is 2.32. The van der Waals surface area contributed by atoms with Gasteiger partial charge in [0.15, 0.2) is 0 Å². The van der Waals surface area contributed by atoms with Gasteiger partial charge in [0, 0.05) is 0 Å². The van der Waals surface area contributed by atoms with Crippen LogP contribution in [0.15, 0.2) is 54.6 Å². The maximum atomic E-state index is 10.1. The molecule has 3 aromatic rings. The SMILES string of the molecule is CC[C@H](O)[C@H](N)c1cc2ccccc2c2ccccc12. The summed E-state index contributed by atoms with van der Waals surface area (Å²) in [7, 11) is 0. The molecule has 3 N–H and O–H groups in total. The van der Waals surface area contributed by atoms with Crippen LogP contribution in [-0.4, -0.2) is 11.2 Å². The number of fused-ring (bicyclic) bond motifs is 3. The van der Waals surface area contributed by atoms with Gasteiger partial charge in [-0.25, -0.2) is 0 Å². The van der Waals surface area contributed by atoms with Gasteiger partial charge in [-0.05, 0) is 39.6 Å². The second-order valence-electron chi connectivity index (χ2n) is 5.23. The third-order valence-corrected chi connectivity index (χ3v) is 3.99. The van der Waals surface area contributed by atoms with Crippen LogP contribution >= 0.6 is 0 Å². The minimum Gasteiger partial charge on any atom is -0.391 e. The molecule has 0 amide bonds. The first-order valence-corrected chi connectivity index (χ1v) is 7.06. The molecule has 2 nitrogen and oxygen atoms in total. The van der Waals surface area contributed by atoms with Gasteiger partial charge >= 0.3 is 0 Å². The second kappa shape index (κ2) is 5.23. The minimum absolute atomic E-state index is 0.352. The lowest BCUT2D eigenvalue weighted by Crippen LogP contribution is -2.25. The van der Waals surface area contributed by atoms with Crippen molar-refractivity contribution in [1.29, 1.82) is 0 Å². The van der Waals surface area contributed by atoms with E-state index in [0.717, 1.165) is 10.9 Å². The molecule has 0 saturated carbocycles. The average molecular weight is 265 g/mol. The van der Waals surface area contributed by atoms with Crippen LogP contribution in [0.25, 0.3) is 21.5 Å². The Morgan fingerprint density at radius 1 is 0.950 bits per heavy atom. The summed E-state index contributed by atoms with van der Waals surface area (Å²) in [6, 6.07) is 18.3. The molecule has 20 heavy (non-hydrogen) atoms. The van der Waals surface area contributed by atoms with E-state index in [1.54, 1.807) is 0 Å². The van der Waals surface area contributed by atoms with Crippen molar-refractivity contribution >= 4 is 21.5 Å². The van der Waals surface area contributed by atoms with Gasteiger partial charge < -0.3 is 10.8 Å². The van der Waals surface area contributed by atoms with E-state index in [-0.39, 0.29) is 6.04 Å². The molecular weight excluding hydrogens is 246 g/mol. The Morgan fingerprint density at radius 3 is 2.25 bits per heavy atom. The molecule has 0 saturated heterocycles. The van der Waals surface area contributed by atoms with Crippen molar-refractivity contribution in [3.05, 3.63) is 60.2 Å². The largest absolute Gasteiger partial charge is 0.391 e. The van der Waals surface area contributed by atoms with E-state index in [1.165, 1.54) is 16.2 Å². The quantitative estimate of drug-likeness (QED) is 0.708. The normalized spacial score (nSPS) is 14.6. The summed E-state index contributed by atoms with van der Waals surface area (Å²) in [6.07, 6.45) is 0.141. The highest BCUT2D eigenvalue weighted by molar-refractivity contribution is 6.09. The molecule has 0 spiro atoms. The van der Waals surface area contributed by atoms with Crippen molar-refractivity contribution in [1.82, 2.24) is 0 Å². The topological polar surface area (TPSA) is 46.2 Å². The molecule has 2 atom stereocenters. The van der Waals surface area contributed by atoms with Crippen LogP contribution < -0.4 is 5.73 Å². The van der Waals surface area contributed by atoms with Gasteiger partial charge in [0.1, 0.15) is 0 Å². The second-order valence-corrected chi connectivity index (χ2v) is 5.23. The van der Waals surface area contributed by atoms with Gasteiger partial charge in [-0.2, -0.15) is 0 Å². The van der Waals surface area contributed by atoms with E-state index >= 15 is 0 Å². The highest BCUT2D eigenvalue weighted by Gasteiger charge is 2.18. The van der Waals surface area contributed by atoms with Crippen molar-refractivity contribution in [2.24, 2.45) is 5.73 Å². The van der Waals surface area contributed by atoms with Crippen molar-refractivity contribution in [2.45, 2.75) is 25.5 Å². The lowest BCUT2D eigenvalue weighted by Gasteiger charge is -2.20. The predicted molar refractivity (Wildman–Crippen MR) is 84.7 cm³/mol. The summed E-state index contributed by atoms with van der Waals surface area (Å²) < 4.78 is 0. The Kier molecular flexibility index (Phi) is 3.43. The average Bonchev–Trinajstić information content (AvgIpc) is 2.52. The van der Waals surface area contributed by atoms with E-state index in [4.69, 9.17) is 5.73 Å². The molecule has 0 aliphatic rings. The fraction of sp³-hybridized carbons (Fsp3) is 0.222. The summed E-state index contributed by atoms with van der Waals surface area (Å²) in [5.74, 6) is 0. The van der Waals surface area contributed by atoms with E-state index in [0.29, 0.717) is 6.42 Å². The fourth-order valence-corrected chi connectivity index (χ4v) is 2.82. The van der Waals surface area contributed by atoms with Crippen LogP contribution in [0.1, 0.15) is 24.9 Å². The number of benzene rings is 3. The van der Waals surface area contributed by atoms with Gasteiger partial charge in [0.05, 0.1) is 12.1 Å². The lowest BCUT2D eigenvalue weighted by molar-refractivity contribution is 0.141. The Labute approximate surface area is 118 Å². The van der Waals surface area contributed by atoms with Crippen LogP contribution in [0.2, 0.25) is 0 Å². The first kappa shape index (κ1) is 13.1. The summed E-state index contributed by atoms with van der Waals surface area (Å²) in [6.45, 7) is 1.95. The Balaban J connectivity index is 2.34. The summed E-state index contributed by atoms with van der Waals surface area (Å²) in [4.78, 5) is 0. The molecule has 0 heterocycles. The van der Waals surface area contributed by atoms with Crippen molar-refractivity contribution in [2.75, 3.05) is 0 Å². The molecular formula is C18H19NO. The lowest BCUT2D eigenvalue weighted by atomic mass is 9.91. The minimum atomic E-state index is -0.514. The van der Waals surface area contributed by atoms with Gasteiger partial charge in [0.2, 0.25) is 0 Å². The van der Waals surface area contributed by atoms with Crippen molar-refractivity contribution in [3.8, 4) is 0 Å². The monoisotopic (exact) mass is 265 g/mol. The van der Waals surface area contributed by atoms with Crippen LogP contribution in [0.3, 0.4) is 0 Å². The standard InChI is InChI=1S/C18H19NO/c1-2-17(20)18(19)16-11-12-7-3-4-8-13(12)14-9-5-6-10-15(14)16/h3-11,17-18,20H,2,19H2,1H3/t17-,18+/m0/s1. The summed E-state index contributed by atoms with van der Waals surface area (Å²) >= 11 is 0. The van der Waals surface area contributed by atoms with Gasteiger partial charge in [-0.15, -0.1) is 0 Å². The molecule has 3 aromatic carbocycles. The summed E-state index contributed by atoms with van der Waals surface area (Å²) in [5, 5.41) is 14.8. The zero-order chi connectivity index (χ0) is 14.1. The highest BCUT2D eigenvalue weighted by atomic mass is 16.3. The molecule has 3 rings (SSSR count). The third-order valence-electron chi connectivity index (χ3n) is 3.99. The van der Waals surface area contributed by atoms with Gasteiger partial charge in [-0.1, -0.05) is 55.5 Å². The van der Waals surface area contributed by atoms with Crippen LogP contribution in [-0.2, 0) is 0 Å². The number of nitrogens with two attached hydrogens (primary N) is 1. The Morgan fingerprint density at radius 2 is 1.55 bits per heavy atom. The number of hydrogen-bond donors (Lipinski definition) is 2. The van der Waals surface area contributed by atoms with E-state index in [9.17, 15) is 5.11 Å². The number of aliphatic hydroxyl groups excluding tert-OH is 1. The van der Waals surface area contributed by atoms with E-state index in [2.05, 4.69) is 36.4 Å². The predicted octanol–water partition coefficient (Wildman–Crippen LogP) is 3.76. The molecule has 0 radical (unpaired) electrons. The zero-order valence-electron chi connectivity index (χ0n) is 11.6. The molecule has 0 aliphatic carbocycles. The third kappa shape index (κ3) is 2.07. The van der Waals surface area contributed by atoms with Gasteiger partial charge in [0.25, 0.3) is 0 Å². The smallest absolute Gasteiger partial charge is 0.0730 e. The molecule has 0 bridgehead atoms. The fourth-order valence-electron chi connectivity index (χ4n) is 2.82. The number of rotatable bonds is 3. The van der Waals surface area contributed by atoms with Crippen molar-refractivity contribution < 1.29 is 5.11 Å². The maximum absolute atomic E-state index is 10.1. The molecule has 102 valence electrons. The Bertz CT molecular complexity index is 751. The first-order chi connectivity index (χ1) is 9.72. The van der Waals surface area contributed by atoms with E-state index in [1.807, 2.05) is 25.1 Å². The first-order valence-electron chi connectivity index (χ1n) is 7.06. The van der Waals surface area contributed by atoms with Crippen LogP contribution in [0.5, 0.6) is 0 Å². The number of hydrogen-bond acceptors (Lipinski definition) is 2. The van der Waals surface area contributed by atoms with Gasteiger partial charge in [-0.3, -0.25) is 0 Å².